The van der Waals surface area contributed by atoms with Crippen LogP contribution in [0.25, 0.3) is 0 Å². The van der Waals surface area contributed by atoms with Crippen molar-refractivity contribution in [1.82, 2.24) is 5.32 Å². The summed E-state index contributed by atoms with van der Waals surface area (Å²) in [5.74, 6) is 0.725. The maximum absolute atomic E-state index is 13.1. The summed E-state index contributed by atoms with van der Waals surface area (Å²) in [6.07, 6.45) is 5.34. The van der Waals surface area contributed by atoms with Gasteiger partial charge in [0.1, 0.15) is 0 Å². The Hall–Kier alpha value is -1.09. The van der Waals surface area contributed by atoms with Gasteiger partial charge in [-0.3, -0.25) is 0 Å². The lowest BCUT2D eigenvalue weighted by atomic mass is 9.80. The number of phenols is 1. The van der Waals surface area contributed by atoms with Crippen molar-refractivity contribution in [2.24, 2.45) is 11.8 Å². The molecule has 0 aliphatic heterocycles. The van der Waals surface area contributed by atoms with Crippen LogP contribution < -0.4 is 5.32 Å². The van der Waals surface area contributed by atoms with Crippen LogP contribution in [-0.4, -0.2) is 11.7 Å². The fraction of sp³-hybridized carbons (Fsp3) is 0.600. The van der Waals surface area contributed by atoms with Crippen LogP contribution in [0.4, 0.5) is 4.39 Å². The highest BCUT2D eigenvalue weighted by Crippen LogP contribution is 2.28. The van der Waals surface area contributed by atoms with Crippen molar-refractivity contribution in [2.45, 2.75) is 39.2 Å². The van der Waals surface area contributed by atoms with Gasteiger partial charge in [-0.2, -0.15) is 0 Å². The van der Waals surface area contributed by atoms with Gasteiger partial charge in [0.15, 0.2) is 11.6 Å². The molecule has 0 spiro atoms. The Morgan fingerprint density at radius 1 is 1.33 bits per heavy atom. The molecular formula is C15H22FNO. The molecule has 2 rings (SSSR count). The van der Waals surface area contributed by atoms with E-state index in [0.29, 0.717) is 6.54 Å². The summed E-state index contributed by atoms with van der Waals surface area (Å²) in [7, 11) is 0. The Labute approximate surface area is 108 Å². The van der Waals surface area contributed by atoms with E-state index < -0.39 is 5.82 Å². The van der Waals surface area contributed by atoms with Gasteiger partial charge in [0, 0.05) is 6.54 Å². The molecule has 100 valence electrons. The first-order valence-electron chi connectivity index (χ1n) is 6.85. The molecule has 0 amide bonds. The van der Waals surface area contributed by atoms with Crippen LogP contribution in [0.1, 0.15) is 38.2 Å². The molecule has 1 saturated carbocycles. The van der Waals surface area contributed by atoms with Crippen molar-refractivity contribution in [3.8, 4) is 5.75 Å². The minimum absolute atomic E-state index is 0.278. The first-order chi connectivity index (χ1) is 8.66. The van der Waals surface area contributed by atoms with Crippen molar-refractivity contribution in [2.75, 3.05) is 6.54 Å². The monoisotopic (exact) mass is 251 g/mol. The smallest absolute Gasteiger partial charge is 0.165 e. The standard InChI is InChI=1S/C15H22FNO/c1-11-4-2-3-5-13(11)10-17-9-12-6-7-15(18)14(16)8-12/h6-8,11,13,17-18H,2-5,9-10H2,1H3. The van der Waals surface area contributed by atoms with Gasteiger partial charge >= 0.3 is 0 Å². The summed E-state index contributed by atoms with van der Waals surface area (Å²) >= 11 is 0. The Morgan fingerprint density at radius 2 is 2.11 bits per heavy atom. The average molecular weight is 251 g/mol. The zero-order chi connectivity index (χ0) is 13.0. The Morgan fingerprint density at radius 3 is 2.83 bits per heavy atom. The van der Waals surface area contributed by atoms with E-state index >= 15 is 0 Å². The molecule has 18 heavy (non-hydrogen) atoms. The molecule has 1 aromatic rings. The maximum atomic E-state index is 13.1. The van der Waals surface area contributed by atoms with Gasteiger partial charge in [0.2, 0.25) is 0 Å². The molecule has 0 aromatic heterocycles. The van der Waals surface area contributed by atoms with Gasteiger partial charge in [-0.05, 0) is 42.5 Å². The van der Waals surface area contributed by atoms with Crippen molar-refractivity contribution < 1.29 is 9.50 Å². The number of phenolic OH excluding ortho intramolecular Hbond substituents is 1. The molecule has 1 aromatic carbocycles. The highest BCUT2D eigenvalue weighted by atomic mass is 19.1. The number of hydrogen-bond donors (Lipinski definition) is 2. The predicted molar refractivity (Wildman–Crippen MR) is 70.9 cm³/mol. The van der Waals surface area contributed by atoms with Crippen LogP contribution >= 0.6 is 0 Å². The van der Waals surface area contributed by atoms with Crippen LogP contribution in [0, 0.1) is 17.7 Å². The van der Waals surface area contributed by atoms with Gasteiger partial charge in [-0.15, -0.1) is 0 Å². The number of halogens is 1. The number of hydrogen-bond acceptors (Lipinski definition) is 2. The topological polar surface area (TPSA) is 32.3 Å². The van der Waals surface area contributed by atoms with E-state index in [2.05, 4.69) is 12.2 Å². The molecule has 0 saturated heterocycles. The van der Waals surface area contributed by atoms with Crippen LogP contribution in [0.3, 0.4) is 0 Å². The van der Waals surface area contributed by atoms with Crippen molar-refractivity contribution in [3.05, 3.63) is 29.6 Å². The molecule has 2 nitrogen and oxygen atoms in total. The van der Waals surface area contributed by atoms with E-state index in [1.54, 1.807) is 6.07 Å². The average Bonchev–Trinajstić information content (AvgIpc) is 2.36. The van der Waals surface area contributed by atoms with Gasteiger partial charge in [0.05, 0.1) is 0 Å². The zero-order valence-electron chi connectivity index (χ0n) is 11.0. The predicted octanol–water partition coefficient (Wildman–Crippen LogP) is 3.45. The number of rotatable bonds is 4. The second-order valence-corrected chi connectivity index (χ2v) is 5.44. The Balaban J connectivity index is 1.79. The molecule has 2 atom stereocenters. The third-order valence-electron chi connectivity index (χ3n) is 4.04. The number of nitrogens with one attached hydrogen (secondary N) is 1. The summed E-state index contributed by atoms with van der Waals surface area (Å²) < 4.78 is 13.1. The summed E-state index contributed by atoms with van der Waals surface area (Å²) in [5.41, 5.74) is 0.883. The summed E-state index contributed by atoms with van der Waals surface area (Å²) in [6, 6.07) is 4.57. The summed E-state index contributed by atoms with van der Waals surface area (Å²) in [4.78, 5) is 0. The minimum Gasteiger partial charge on any atom is -0.505 e. The first kappa shape index (κ1) is 13.3. The van der Waals surface area contributed by atoms with Crippen molar-refractivity contribution in [3.63, 3.8) is 0 Å². The van der Waals surface area contributed by atoms with Crippen LogP contribution in [0.15, 0.2) is 18.2 Å². The normalized spacial score (nSPS) is 24.1. The van der Waals surface area contributed by atoms with E-state index in [-0.39, 0.29) is 5.75 Å². The van der Waals surface area contributed by atoms with E-state index in [4.69, 9.17) is 5.11 Å². The fourth-order valence-electron chi connectivity index (χ4n) is 2.76. The largest absolute Gasteiger partial charge is 0.505 e. The first-order valence-corrected chi connectivity index (χ1v) is 6.85. The third-order valence-corrected chi connectivity index (χ3v) is 4.04. The minimum atomic E-state index is -0.541. The van der Waals surface area contributed by atoms with E-state index in [0.717, 1.165) is 23.9 Å². The van der Waals surface area contributed by atoms with Crippen LogP contribution in [0.2, 0.25) is 0 Å². The molecule has 1 aliphatic carbocycles. The Kier molecular flexibility index (Phi) is 4.59. The molecule has 1 aliphatic rings. The van der Waals surface area contributed by atoms with Crippen molar-refractivity contribution in [1.29, 1.82) is 0 Å². The number of benzene rings is 1. The molecule has 0 radical (unpaired) electrons. The molecule has 3 heteroatoms. The summed E-state index contributed by atoms with van der Waals surface area (Å²) in [6.45, 7) is 4.00. The summed E-state index contributed by atoms with van der Waals surface area (Å²) in [5, 5.41) is 12.5. The Bertz CT molecular complexity index is 394. The molecular weight excluding hydrogens is 229 g/mol. The molecule has 1 fully saturated rings. The van der Waals surface area contributed by atoms with E-state index in [1.807, 2.05) is 0 Å². The molecule has 2 N–H and O–H groups in total. The van der Waals surface area contributed by atoms with Gasteiger partial charge in [-0.1, -0.05) is 32.3 Å². The van der Waals surface area contributed by atoms with Crippen LogP contribution in [0.5, 0.6) is 5.75 Å². The molecule has 2 unspecified atom stereocenters. The molecule has 0 heterocycles. The van der Waals surface area contributed by atoms with E-state index in [1.165, 1.54) is 37.8 Å². The quantitative estimate of drug-likeness (QED) is 0.859. The zero-order valence-corrected chi connectivity index (χ0v) is 11.0. The van der Waals surface area contributed by atoms with E-state index in [9.17, 15) is 4.39 Å². The maximum Gasteiger partial charge on any atom is 0.165 e. The highest BCUT2D eigenvalue weighted by molar-refractivity contribution is 5.27. The molecule has 0 bridgehead atoms. The lowest BCUT2D eigenvalue weighted by Crippen LogP contribution is -2.29. The van der Waals surface area contributed by atoms with Crippen molar-refractivity contribution >= 4 is 0 Å². The van der Waals surface area contributed by atoms with Gasteiger partial charge in [-0.25, -0.2) is 4.39 Å². The lowest BCUT2D eigenvalue weighted by molar-refractivity contribution is 0.247. The third kappa shape index (κ3) is 3.45. The van der Waals surface area contributed by atoms with Crippen LogP contribution in [-0.2, 0) is 6.54 Å². The second kappa shape index (κ2) is 6.19. The van der Waals surface area contributed by atoms with Gasteiger partial charge in [0.25, 0.3) is 0 Å². The highest BCUT2D eigenvalue weighted by Gasteiger charge is 2.20. The van der Waals surface area contributed by atoms with Gasteiger partial charge < -0.3 is 10.4 Å². The number of aromatic hydroxyl groups is 1. The SMILES string of the molecule is CC1CCCCC1CNCc1ccc(O)c(F)c1. The fourth-order valence-corrected chi connectivity index (χ4v) is 2.76. The second-order valence-electron chi connectivity index (χ2n) is 5.44. The lowest BCUT2D eigenvalue weighted by Gasteiger charge is -2.28.